The first-order valence-electron chi connectivity index (χ1n) is 9.46. The van der Waals surface area contributed by atoms with Crippen molar-refractivity contribution in [2.45, 2.75) is 39.8 Å². The third-order valence-electron chi connectivity index (χ3n) is 4.40. The van der Waals surface area contributed by atoms with Gasteiger partial charge in [0.05, 0.1) is 5.02 Å². The van der Waals surface area contributed by atoms with Gasteiger partial charge in [0.1, 0.15) is 11.8 Å². The first-order valence-corrected chi connectivity index (χ1v) is 9.84. The average molecular weight is 403 g/mol. The second kappa shape index (κ2) is 10.7. The number of likely N-dealkylation sites (N-methyl/N-ethyl adjacent to an activating group) is 1. The van der Waals surface area contributed by atoms with Crippen LogP contribution < -0.4 is 10.1 Å². The van der Waals surface area contributed by atoms with Gasteiger partial charge < -0.3 is 15.0 Å². The van der Waals surface area contributed by atoms with Crippen molar-refractivity contribution in [1.29, 1.82) is 0 Å². The molecule has 0 radical (unpaired) electrons. The lowest BCUT2D eigenvalue weighted by atomic mass is 10.1. The Morgan fingerprint density at radius 1 is 1.11 bits per heavy atom. The molecule has 0 bridgehead atoms. The molecule has 0 fully saturated rings. The standard InChI is InChI=1S/C22H27ClN2O3/c1-4-19(22(27)24-5-2)25(14-17-12-10-16(3)11-13-17)21(26)15-28-20-9-7-6-8-18(20)23/h6-13,19H,4-5,14-15H2,1-3H3,(H,24,27)/t19-/m0/s1. The minimum atomic E-state index is -0.566. The van der Waals surface area contributed by atoms with Crippen LogP contribution in [0.3, 0.4) is 0 Å². The van der Waals surface area contributed by atoms with E-state index in [-0.39, 0.29) is 18.4 Å². The van der Waals surface area contributed by atoms with Gasteiger partial charge in [-0.05, 0) is 38.0 Å². The summed E-state index contributed by atoms with van der Waals surface area (Å²) in [6.45, 7) is 6.42. The van der Waals surface area contributed by atoms with Crippen molar-refractivity contribution in [3.63, 3.8) is 0 Å². The van der Waals surface area contributed by atoms with Crippen LogP contribution in [0.15, 0.2) is 48.5 Å². The molecule has 2 rings (SSSR count). The summed E-state index contributed by atoms with van der Waals surface area (Å²) in [5.41, 5.74) is 2.10. The molecular formula is C22H27ClN2O3. The van der Waals surface area contributed by atoms with Gasteiger partial charge in [-0.1, -0.05) is 60.5 Å². The number of rotatable bonds is 9. The molecule has 2 aromatic rings. The second-order valence-electron chi connectivity index (χ2n) is 6.54. The van der Waals surface area contributed by atoms with Gasteiger partial charge in [-0.25, -0.2) is 0 Å². The molecule has 0 saturated heterocycles. The third kappa shape index (κ3) is 5.99. The SMILES string of the molecule is CCNC(=O)[C@H](CC)N(Cc1ccc(C)cc1)C(=O)COc1ccccc1Cl. The number of hydrogen-bond acceptors (Lipinski definition) is 3. The Hall–Kier alpha value is -2.53. The zero-order valence-electron chi connectivity index (χ0n) is 16.6. The van der Waals surface area contributed by atoms with Crippen LogP contribution in [0.25, 0.3) is 0 Å². The topological polar surface area (TPSA) is 58.6 Å². The Kier molecular flexibility index (Phi) is 8.33. The summed E-state index contributed by atoms with van der Waals surface area (Å²) >= 11 is 6.10. The number of hydrogen-bond donors (Lipinski definition) is 1. The van der Waals surface area contributed by atoms with E-state index in [1.54, 1.807) is 29.2 Å². The van der Waals surface area contributed by atoms with Gasteiger partial charge in [-0.2, -0.15) is 0 Å². The van der Waals surface area contributed by atoms with E-state index in [0.29, 0.717) is 30.3 Å². The lowest BCUT2D eigenvalue weighted by Gasteiger charge is -2.30. The Labute approximate surface area is 171 Å². The maximum absolute atomic E-state index is 13.0. The summed E-state index contributed by atoms with van der Waals surface area (Å²) in [4.78, 5) is 27.1. The molecule has 28 heavy (non-hydrogen) atoms. The molecule has 0 aliphatic rings. The monoisotopic (exact) mass is 402 g/mol. The maximum atomic E-state index is 13.0. The van der Waals surface area contributed by atoms with Crippen molar-refractivity contribution in [2.24, 2.45) is 0 Å². The fourth-order valence-electron chi connectivity index (χ4n) is 2.89. The number of carbonyl (C=O) groups is 2. The fraction of sp³-hybridized carbons (Fsp3) is 0.364. The lowest BCUT2D eigenvalue weighted by Crippen LogP contribution is -2.50. The fourth-order valence-corrected chi connectivity index (χ4v) is 3.08. The number of benzene rings is 2. The average Bonchev–Trinajstić information content (AvgIpc) is 2.68. The molecule has 0 aliphatic heterocycles. The highest BCUT2D eigenvalue weighted by atomic mass is 35.5. The van der Waals surface area contributed by atoms with E-state index >= 15 is 0 Å². The summed E-state index contributed by atoms with van der Waals surface area (Å²) in [6.07, 6.45) is 0.509. The molecule has 1 atom stereocenters. The molecule has 150 valence electrons. The third-order valence-corrected chi connectivity index (χ3v) is 4.71. The first kappa shape index (κ1) is 21.8. The normalized spacial score (nSPS) is 11.6. The number of carbonyl (C=O) groups excluding carboxylic acids is 2. The number of nitrogens with one attached hydrogen (secondary N) is 1. The molecule has 0 spiro atoms. The van der Waals surface area contributed by atoms with Crippen molar-refractivity contribution in [3.05, 3.63) is 64.7 Å². The molecule has 2 aromatic carbocycles. The molecule has 1 N–H and O–H groups in total. The van der Waals surface area contributed by atoms with Crippen LogP contribution in [0.1, 0.15) is 31.4 Å². The van der Waals surface area contributed by atoms with Gasteiger partial charge >= 0.3 is 0 Å². The predicted molar refractivity (Wildman–Crippen MR) is 111 cm³/mol. The van der Waals surface area contributed by atoms with Crippen LogP contribution >= 0.6 is 11.6 Å². The molecule has 0 aromatic heterocycles. The second-order valence-corrected chi connectivity index (χ2v) is 6.95. The summed E-state index contributed by atoms with van der Waals surface area (Å²) in [5, 5.41) is 3.26. The van der Waals surface area contributed by atoms with Crippen molar-refractivity contribution in [2.75, 3.05) is 13.2 Å². The zero-order valence-corrected chi connectivity index (χ0v) is 17.3. The Bertz CT molecular complexity index is 793. The smallest absolute Gasteiger partial charge is 0.261 e. The number of halogens is 1. The molecule has 0 unspecified atom stereocenters. The van der Waals surface area contributed by atoms with Crippen molar-refractivity contribution in [1.82, 2.24) is 10.2 Å². The van der Waals surface area contributed by atoms with E-state index in [1.165, 1.54) is 0 Å². The quantitative estimate of drug-likeness (QED) is 0.690. The number of aryl methyl sites for hydroxylation is 1. The maximum Gasteiger partial charge on any atom is 0.261 e. The highest BCUT2D eigenvalue weighted by Gasteiger charge is 2.28. The molecule has 5 nitrogen and oxygen atoms in total. The lowest BCUT2D eigenvalue weighted by molar-refractivity contribution is -0.142. The van der Waals surface area contributed by atoms with Gasteiger partial charge in [0.25, 0.3) is 5.91 Å². The van der Waals surface area contributed by atoms with Crippen molar-refractivity contribution in [3.8, 4) is 5.75 Å². The van der Waals surface area contributed by atoms with Gasteiger partial charge in [-0.15, -0.1) is 0 Å². The Balaban J connectivity index is 2.19. The molecule has 6 heteroatoms. The van der Waals surface area contributed by atoms with Gasteiger partial charge in [-0.3, -0.25) is 9.59 Å². The van der Waals surface area contributed by atoms with Crippen molar-refractivity contribution < 1.29 is 14.3 Å². The molecule has 0 heterocycles. The summed E-state index contributed by atoms with van der Waals surface area (Å²) in [5.74, 6) is 0.0145. The molecular weight excluding hydrogens is 376 g/mol. The Morgan fingerprint density at radius 2 is 1.79 bits per heavy atom. The number of para-hydroxylation sites is 1. The van der Waals surface area contributed by atoms with Gasteiger partial charge in [0.15, 0.2) is 6.61 Å². The highest BCUT2D eigenvalue weighted by Crippen LogP contribution is 2.23. The van der Waals surface area contributed by atoms with E-state index < -0.39 is 6.04 Å². The number of amides is 2. The minimum Gasteiger partial charge on any atom is -0.482 e. The molecule has 2 amide bonds. The van der Waals surface area contributed by atoms with Crippen LogP contribution in [0, 0.1) is 6.92 Å². The molecule has 0 saturated carbocycles. The van der Waals surface area contributed by atoms with Gasteiger partial charge in [0.2, 0.25) is 5.91 Å². The van der Waals surface area contributed by atoms with E-state index in [0.717, 1.165) is 11.1 Å². The highest BCUT2D eigenvalue weighted by molar-refractivity contribution is 6.32. The molecule has 0 aliphatic carbocycles. The largest absolute Gasteiger partial charge is 0.482 e. The summed E-state index contributed by atoms with van der Waals surface area (Å²) < 4.78 is 5.62. The van der Waals surface area contributed by atoms with Crippen LogP contribution in [0.2, 0.25) is 5.02 Å². The van der Waals surface area contributed by atoms with Crippen LogP contribution in [0.5, 0.6) is 5.75 Å². The van der Waals surface area contributed by atoms with Crippen LogP contribution in [-0.4, -0.2) is 35.9 Å². The Morgan fingerprint density at radius 3 is 2.39 bits per heavy atom. The predicted octanol–water partition coefficient (Wildman–Crippen LogP) is 3.97. The van der Waals surface area contributed by atoms with Gasteiger partial charge in [0, 0.05) is 13.1 Å². The van der Waals surface area contributed by atoms with Crippen LogP contribution in [0.4, 0.5) is 0 Å². The minimum absolute atomic E-state index is 0.164. The first-order chi connectivity index (χ1) is 13.5. The van der Waals surface area contributed by atoms with Crippen LogP contribution in [-0.2, 0) is 16.1 Å². The van der Waals surface area contributed by atoms with E-state index in [9.17, 15) is 9.59 Å². The van der Waals surface area contributed by atoms with E-state index in [1.807, 2.05) is 45.0 Å². The van der Waals surface area contributed by atoms with E-state index in [2.05, 4.69) is 5.32 Å². The van der Waals surface area contributed by atoms with Crippen molar-refractivity contribution >= 4 is 23.4 Å². The summed E-state index contributed by atoms with van der Waals surface area (Å²) in [7, 11) is 0. The van der Waals surface area contributed by atoms with E-state index in [4.69, 9.17) is 16.3 Å². The zero-order chi connectivity index (χ0) is 20.5. The summed E-state index contributed by atoms with van der Waals surface area (Å²) in [6, 6.07) is 14.3. The number of nitrogens with zero attached hydrogens (tertiary/aromatic N) is 1. The number of ether oxygens (including phenoxy) is 1.